The third-order valence-corrected chi connectivity index (χ3v) is 7.35. The number of nitrogens with one attached hydrogen (secondary N) is 1. The number of aromatic nitrogens is 2. The summed E-state index contributed by atoms with van der Waals surface area (Å²) in [5, 5.41) is 0.0523. The molecule has 0 saturated carbocycles. The van der Waals surface area contributed by atoms with Gasteiger partial charge in [0.1, 0.15) is 6.54 Å². The molecule has 0 spiro atoms. The molecule has 1 saturated heterocycles. The maximum Gasteiger partial charge on any atom is 0.331 e. The van der Waals surface area contributed by atoms with Crippen molar-refractivity contribution in [2.24, 2.45) is 7.05 Å². The molecule has 2 aromatic carbocycles. The summed E-state index contributed by atoms with van der Waals surface area (Å²) in [5.41, 5.74) is 0.385. The van der Waals surface area contributed by atoms with Gasteiger partial charge in [0.05, 0.1) is 15.8 Å². The Morgan fingerprint density at radius 3 is 2.48 bits per heavy atom. The predicted molar refractivity (Wildman–Crippen MR) is 126 cm³/mol. The highest BCUT2D eigenvalue weighted by Crippen LogP contribution is 2.20. The van der Waals surface area contributed by atoms with E-state index in [0.29, 0.717) is 24.3 Å². The van der Waals surface area contributed by atoms with Crippen LogP contribution in [0.3, 0.4) is 0 Å². The molecule has 0 bridgehead atoms. The second-order valence-corrected chi connectivity index (χ2v) is 9.84. The number of rotatable bonds is 6. The number of hydrogen-bond donors (Lipinski definition) is 1. The molecule has 2 heterocycles. The Bertz CT molecular complexity index is 1450. The summed E-state index contributed by atoms with van der Waals surface area (Å²) in [7, 11) is -2.49. The van der Waals surface area contributed by atoms with Gasteiger partial charge >= 0.3 is 5.69 Å². The van der Waals surface area contributed by atoms with Crippen LogP contribution in [0.5, 0.6) is 0 Å². The van der Waals surface area contributed by atoms with E-state index in [1.807, 2.05) is 13.0 Å². The minimum Gasteiger partial charge on any atom is -0.341 e. The zero-order valence-corrected chi connectivity index (χ0v) is 19.4. The molecule has 174 valence electrons. The Kier molecular flexibility index (Phi) is 6.11. The van der Waals surface area contributed by atoms with Crippen LogP contribution in [-0.2, 0) is 34.8 Å². The molecule has 1 N–H and O–H groups in total. The number of aryl methyl sites for hydroxylation is 2. The van der Waals surface area contributed by atoms with Crippen LogP contribution in [0.25, 0.3) is 10.9 Å². The number of carbonyl (C=O) groups is 1. The van der Waals surface area contributed by atoms with Crippen molar-refractivity contribution in [3.63, 3.8) is 0 Å². The molecule has 9 nitrogen and oxygen atoms in total. The van der Waals surface area contributed by atoms with E-state index in [1.165, 1.54) is 29.8 Å². The summed E-state index contributed by atoms with van der Waals surface area (Å²) in [6.45, 7) is 2.81. The van der Waals surface area contributed by atoms with Crippen molar-refractivity contribution < 1.29 is 13.2 Å². The molecule has 0 atom stereocenters. The summed E-state index contributed by atoms with van der Waals surface area (Å²) in [5.74, 6) is -0.299. The highest BCUT2D eigenvalue weighted by atomic mass is 32.2. The van der Waals surface area contributed by atoms with Gasteiger partial charge in [0, 0.05) is 25.8 Å². The van der Waals surface area contributed by atoms with E-state index in [-0.39, 0.29) is 22.7 Å². The number of anilines is 1. The van der Waals surface area contributed by atoms with Crippen molar-refractivity contribution in [2.75, 3.05) is 17.8 Å². The van der Waals surface area contributed by atoms with E-state index in [1.54, 1.807) is 23.1 Å². The van der Waals surface area contributed by atoms with Gasteiger partial charge < -0.3 is 4.90 Å². The standard InChI is InChI=1S/C23H26N4O5S/c1-3-16-7-6-8-17(13-16)24-33(31,32)18-9-10-20-19(14-18)22(29)27(23(30)25(20)2)15-21(28)26-11-4-5-12-26/h6-10,13-14,24H,3-5,11-12,15H2,1-2H3. The number of hydrogen-bond acceptors (Lipinski definition) is 5. The first kappa shape index (κ1) is 22.8. The fraction of sp³-hybridized carbons (Fsp3) is 0.348. The van der Waals surface area contributed by atoms with Crippen LogP contribution in [0.4, 0.5) is 5.69 Å². The Balaban J connectivity index is 1.75. The molecule has 1 amide bonds. The summed E-state index contributed by atoms with van der Waals surface area (Å²) < 4.78 is 30.7. The Morgan fingerprint density at radius 2 is 1.79 bits per heavy atom. The lowest BCUT2D eigenvalue weighted by Gasteiger charge is -2.17. The van der Waals surface area contributed by atoms with E-state index < -0.39 is 21.3 Å². The first-order valence-electron chi connectivity index (χ1n) is 10.8. The molecule has 10 heteroatoms. The van der Waals surface area contributed by atoms with Gasteiger partial charge in [-0.1, -0.05) is 19.1 Å². The first-order valence-corrected chi connectivity index (χ1v) is 12.3. The van der Waals surface area contributed by atoms with Gasteiger partial charge in [-0.25, -0.2) is 13.2 Å². The van der Waals surface area contributed by atoms with Gasteiger partial charge in [-0.2, -0.15) is 0 Å². The Labute approximate surface area is 191 Å². The second-order valence-electron chi connectivity index (χ2n) is 8.16. The molecule has 1 fully saturated rings. The number of fused-ring (bicyclic) bond motifs is 1. The van der Waals surface area contributed by atoms with Crippen molar-refractivity contribution in [1.29, 1.82) is 0 Å². The smallest absolute Gasteiger partial charge is 0.331 e. The molecule has 0 radical (unpaired) electrons. The zero-order chi connectivity index (χ0) is 23.8. The quantitative estimate of drug-likeness (QED) is 0.589. The molecular weight excluding hydrogens is 444 g/mol. The van der Waals surface area contributed by atoms with E-state index in [0.717, 1.165) is 29.4 Å². The second kappa shape index (κ2) is 8.86. The normalized spacial score (nSPS) is 14.1. The highest BCUT2D eigenvalue weighted by Gasteiger charge is 2.22. The average Bonchev–Trinajstić information content (AvgIpc) is 3.35. The van der Waals surface area contributed by atoms with E-state index >= 15 is 0 Å². The summed E-state index contributed by atoms with van der Waals surface area (Å²) in [6, 6.07) is 11.1. The lowest BCUT2D eigenvalue weighted by atomic mass is 10.1. The number of likely N-dealkylation sites (tertiary alicyclic amines) is 1. The maximum absolute atomic E-state index is 13.1. The van der Waals surface area contributed by atoms with Gasteiger partial charge in [0.15, 0.2) is 0 Å². The van der Waals surface area contributed by atoms with Gasteiger partial charge in [0.25, 0.3) is 15.6 Å². The Hall–Kier alpha value is -3.40. The Morgan fingerprint density at radius 1 is 1.06 bits per heavy atom. The van der Waals surface area contributed by atoms with Crippen LogP contribution in [0.2, 0.25) is 0 Å². The SMILES string of the molecule is CCc1cccc(NS(=O)(=O)c2ccc3c(c2)c(=O)n(CC(=O)N2CCCC2)c(=O)n3C)c1. The molecule has 33 heavy (non-hydrogen) atoms. The molecule has 1 aliphatic rings. The molecule has 0 aliphatic carbocycles. The predicted octanol–water partition coefficient (Wildman–Crippen LogP) is 1.69. The van der Waals surface area contributed by atoms with Crippen molar-refractivity contribution in [1.82, 2.24) is 14.0 Å². The van der Waals surface area contributed by atoms with E-state index in [2.05, 4.69) is 4.72 Å². The van der Waals surface area contributed by atoms with Crippen molar-refractivity contribution in [2.45, 2.75) is 37.6 Å². The first-order chi connectivity index (χ1) is 15.7. The molecule has 1 aliphatic heterocycles. The summed E-state index contributed by atoms with van der Waals surface area (Å²) in [6.07, 6.45) is 2.55. The van der Waals surface area contributed by atoms with Crippen LogP contribution in [0, 0.1) is 0 Å². The monoisotopic (exact) mass is 470 g/mol. The number of sulfonamides is 1. The summed E-state index contributed by atoms with van der Waals surface area (Å²) in [4.78, 5) is 40.0. The minimum atomic E-state index is -3.98. The zero-order valence-electron chi connectivity index (χ0n) is 18.6. The number of benzene rings is 2. The van der Waals surface area contributed by atoms with Gasteiger partial charge in [-0.3, -0.25) is 23.4 Å². The molecule has 0 unspecified atom stereocenters. The third kappa shape index (κ3) is 4.43. The van der Waals surface area contributed by atoms with Gasteiger partial charge in [0.2, 0.25) is 5.91 Å². The molecule has 3 aromatic rings. The van der Waals surface area contributed by atoms with Crippen molar-refractivity contribution in [3.05, 3.63) is 68.9 Å². The van der Waals surface area contributed by atoms with Gasteiger partial charge in [-0.15, -0.1) is 0 Å². The molecule has 1 aromatic heterocycles. The van der Waals surface area contributed by atoms with Crippen LogP contribution in [-0.4, -0.2) is 41.4 Å². The third-order valence-electron chi connectivity index (χ3n) is 5.97. The van der Waals surface area contributed by atoms with Crippen molar-refractivity contribution >= 4 is 32.5 Å². The minimum absolute atomic E-state index is 0.0523. The van der Waals surface area contributed by atoms with E-state index in [4.69, 9.17) is 0 Å². The average molecular weight is 471 g/mol. The van der Waals surface area contributed by atoms with Crippen LogP contribution in [0.15, 0.2) is 56.9 Å². The van der Waals surface area contributed by atoms with Crippen LogP contribution < -0.4 is 16.0 Å². The lowest BCUT2D eigenvalue weighted by molar-refractivity contribution is -0.130. The maximum atomic E-state index is 13.1. The number of amides is 1. The summed E-state index contributed by atoms with van der Waals surface area (Å²) >= 11 is 0. The van der Waals surface area contributed by atoms with Crippen LogP contribution in [0.1, 0.15) is 25.3 Å². The molecule has 4 rings (SSSR count). The topological polar surface area (TPSA) is 110 Å². The van der Waals surface area contributed by atoms with Crippen molar-refractivity contribution in [3.8, 4) is 0 Å². The lowest BCUT2D eigenvalue weighted by Crippen LogP contribution is -2.43. The fourth-order valence-electron chi connectivity index (χ4n) is 4.07. The molecular formula is C23H26N4O5S. The van der Waals surface area contributed by atoms with Crippen LogP contribution >= 0.6 is 0 Å². The van der Waals surface area contributed by atoms with E-state index in [9.17, 15) is 22.8 Å². The number of carbonyl (C=O) groups excluding carboxylic acids is 1. The van der Waals surface area contributed by atoms with Gasteiger partial charge in [-0.05, 0) is 55.2 Å². The fourth-order valence-corrected chi connectivity index (χ4v) is 5.15. The highest BCUT2D eigenvalue weighted by molar-refractivity contribution is 7.92. The largest absolute Gasteiger partial charge is 0.341 e. The number of nitrogens with zero attached hydrogens (tertiary/aromatic N) is 3.